The minimum atomic E-state index is 0.250. The number of methoxy groups -OCH3 is 3. The maximum absolute atomic E-state index is 6.31. The molecule has 0 amide bonds. The van der Waals surface area contributed by atoms with Crippen LogP contribution in [0.2, 0.25) is 0 Å². The summed E-state index contributed by atoms with van der Waals surface area (Å²) < 4.78 is 22.3. The zero-order valence-corrected chi connectivity index (χ0v) is 20.8. The van der Waals surface area contributed by atoms with Crippen molar-refractivity contribution >= 4 is 0 Å². The number of hydrogen-bond donors (Lipinski definition) is 1. The number of hydrogen-bond acceptors (Lipinski definition) is 9. The number of likely N-dealkylation sites (N-methyl/N-ethyl adjacent to an activating group) is 1. The lowest BCUT2D eigenvalue weighted by atomic mass is 9.95. The van der Waals surface area contributed by atoms with Gasteiger partial charge in [-0.15, -0.1) is 0 Å². The third-order valence-electron chi connectivity index (χ3n) is 7.31. The molecule has 9 heteroatoms. The Morgan fingerprint density at radius 1 is 0.812 bits per heavy atom. The summed E-state index contributed by atoms with van der Waals surface area (Å²) in [6.45, 7) is 13.6. The van der Waals surface area contributed by atoms with Crippen LogP contribution in [0.1, 0.15) is 6.42 Å². The van der Waals surface area contributed by atoms with Gasteiger partial charge in [0, 0.05) is 112 Å². The molecule has 0 bridgehead atoms. The monoisotopic (exact) mass is 457 g/mol. The van der Waals surface area contributed by atoms with Crippen molar-refractivity contribution in [1.82, 2.24) is 24.9 Å². The van der Waals surface area contributed by atoms with Crippen LogP contribution in [0.5, 0.6) is 0 Å². The molecule has 0 radical (unpaired) electrons. The highest BCUT2D eigenvalue weighted by Crippen LogP contribution is 2.23. The van der Waals surface area contributed by atoms with Crippen molar-refractivity contribution in [3.8, 4) is 0 Å². The van der Waals surface area contributed by atoms with E-state index in [2.05, 4.69) is 32.0 Å². The fourth-order valence-corrected chi connectivity index (χ4v) is 5.43. The number of rotatable bonds is 12. The number of nitrogens with one attached hydrogen (secondary N) is 1. The first-order chi connectivity index (χ1) is 15.7. The van der Waals surface area contributed by atoms with Crippen LogP contribution in [-0.2, 0) is 18.9 Å². The smallest absolute Gasteiger partial charge is 0.0869 e. The zero-order chi connectivity index (χ0) is 22.8. The molecule has 0 aromatic carbocycles. The predicted octanol–water partition coefficient (Wildman–Crippen LogP) is -0.725. The average molecular weight is 458 g/mol. The molecule has 3 heterocycles. The van der Waals surface area contributed by atoms with E-state index in [0.29, 0.717) is 18.1 Å². The molecular weight excluding hydrogens is 410 g/mol. The molecule has 188 valence electrons. The maximum atomic E-state index is 6.31. The van der Waals surface area contributed by atoms with Crippen molar-refractivity contribution in [2.24, 2.45) is 0 Å². The summed E-state index contributed by atoms with van der Waals surface area (Å²) in [6, 6.07) is 1.33. The molecule has 0 saturated carbocycles. The molecule has 3 fully saturated rings. The van der Waals surface area contributed by atoms with Crippen molar-refractivity contribution in [1.29, 1.82) is 0 Å². The van der Waals surface area contributed by atoms with Gasteiger partial charge in [0.1, 0.15) is 0 Å². The van der Waals surface area contributed by atoms with Crippen molar-refractivity contribution in [3.05, 3.63) is 0 Å². The van der Waals surface area contributed by atoms with Crippen LogP contribution in [0.25, 0.3) is 0 Å². The summed E-state index contributed by atoms with van der Waals surface area (Å²) >= 11 is 0. The van der Waals surface area contributed by atoms with E-state index >= 15 is 0 Å². The molecule has 1 N–H and O–H groups in total. The first-order valence-corrected chi connectivity index (χ1v) is 12.4. The van der Waals surface area contributed by atoms with Gasteiger partial charge in [0.05, 0.1) is 25.9 Å². The lowest BCUT2D eigenvalue weighted by molar-refractivity contribution is -0.101. The first-order valence-electron chi connectivity index (χ1n) is 12.4. The van der Waals surface area contributed by atoms with Gasteiger partial charge in [-0.2, -0.15) is 0 Å². The predicted molar refractivity (Wildman–Crippen MR) is 126 cm³/mol. The van der Waals surface area contributed by atoms with E-state index in [1.807, 2.05) is 0 Å². The van der Waals surface area contributed by atoms with E-state index in [1.165, 1.54) is 0 Å². The van der Waals surface area contributed by atoms with Gasteiger partial charge in [-0.3, -0.25) is 19.6 Å². The van der Waals surface area contributed by atoms with Gasteiger partial charge >= 0.3 is 0 Å². The third kappa shape index (κ3) is 7.58. The third-order valence-corrected chi connectivity index (χ3v) is 7.31. The molecule has 4 unspecified atom stereocenters. The lowest BCUT2D eigenvalue weighted by Crippen LogP contribution is -2.70. The van der Waals surface area contributed by atoms with E-state index in [0.717, 1.165) is 98.3 Å². The van der Waals surface area contributed by atoms with E-state index < -0.39 is 0 Å². The number of piperazine rings is 2. The molecule has 0 spiro atoms. The highest BCUT2D eigenvalue weighted by molar-refractivity contribution is 4.99. The quantitative estimate of drug-likeness (QED) is 0.383. The number of morpholine rings is 1. The molecule has 3 aliphatic rings. The Bertz CT molecular complexity index is 517. The van der Waals surface area contributed by atoms with Crippen LogP contribution < -0.4 is 5.32 Å². The van der Waals surface area contributed by atoms with Crippen molar-refractivity contribution in [2.75, 3.05) is 120 Å². The lowest BCUT2D eigenvalue weighted by Gasteiger charge is -2.52. The Labute approximate surface area is 195 Å². The zero-order valence-electron chi connectivity index (χ0n) is 20.8. The van der Waals surface area contributed by atoms with Crippen LogP contribution in [0.4, 0.5) is 0 Å². The summed E-state index contributed by atoms with van der Waals surface area (Å²) in [5, 5.41) is 3.81. The maximum Gasteiger partial charge on any atom is 0.0869 e. The van der Waals surface area contributed by atoms with Crippen LogP contribution in [0.15, 0.2) is 0 Å². The normalized spacial score (nSPS) is 31.9. The number of ether oxygens (including phenoxy) is 4. The molecule has 3 aliphatic heterocycles. The Balaban J connectivity index is 1.61. The molecule has 3 saturated heterocycles. The Kier molecular flexibility index (Phi) is 11.6. The molecule has 9 nitrogen and oxygen atoms in total. The van der Waals surface area contributed by atoms with E-state index in [9.17, 15) is 0 Å². The molecular formula is C23H47N5O4. The van der Waals surface area contributed by atoms with Gasteiger partial charge in [0.15, 0.2) is 0 Å². The molecule has 3 rings (SSSR count). The second-order valence-electron chi connectivity index (χ2n) is 9.47. The molecule has 32 heavy (non-hydrogen) atoms. The van der Waals surface area contributed by atoms with Gasteiger partial charge in [-0.1, -0.05) is 0 Å². The van der Waals surface area contributed by atoms with Gasteiger partial charge in [-0.05, 0) is 13.5 Å². The van der Waals surface area contributed by atoms with Crippen molar-refractivity contribution < 1.29 is 18.9 Å². The van der Waals surface area contributed by atoms with Gasteiger partial charge in [0.2, 0.25) is 0 Å². The minimum absolute atomic E-state index is 0.250. The molecule has 4 atom stereocenters. The summed E-state index contributed by atoms with van der Waals surface area (Å²) in [7, 11) is 7.65. The molecule has 0 aliphatic carbocycles. The second-order valence-corrected chi connectivity index (χ2v) is 9.47. The fourth-order valence-electron chi connectivity index (χ4n) is 5.43. The van der Waals surface area contributed by atoms with Crippen LogP contribution in [0.3, 0.4) is 0 Å². The van der Waals surface area contributed by atoms with Gasteiger partial charge < -0.3 is 24.3 Å². The summed E-state index contributed by atoms with van der Waals surface area (Å²) in [4.78, 5) is 10.3. The van der Waals surface area contributed by atoms with Crippen LogP contribution in [-0.4, -0.2) is 164 Å². The Hall–Kier alpha value is -0.360. The summed E-state index contributed by atoms with van der Waals surface area (Å²) in [5.41, 5.74) is 0. The van der Waals surface area contributed by atoms with Crippen molar-refractivity contribution in [3.63, 3.8) is 0 Å². The van der Waals surface area contributed by atoms with E-state index in [-0.39, 0.29) is 6.10 Å². The molecule has 0 aromatic heterocycles. The fraction of sp³-hybridized carbons (Fsp3) is 1.00. The SMILES string of the molecule is COCCCN1CCOC(C2CN(CCOC)C(C3CN(CCOC)CCN3)CN2C)C1. The van der Waals surface area contributed by atoms with Crippen LogP contribution in [0, 0.1) is 0 Å². The highest BCUT2D eigenvalue weighted by Gasteiger charge is 2.41. The first kappa shape index (κ1) is 26.2. The average Bonchev–Trinajstić information content (AvgIpc) is 2.82. The summed E-state index contributed by atoms with van der Waals surface area (Å²) in [6.07, 6.45) is 1.33. The van der Waals surface area contributed by atoms with Crippen LogP contribution >= 0.6 is 0 Å². The van der Waals surface area contributed by atoms with E-state index in [4.69, 9.17) is 18.9 Å². The van der Waals surface area contributed by atoms with E-state index in [1.54, 1.807) is 21.3 Å². The summed E-state index contributed by atoms with van der Waals surface area (Å²) in [5.74, 6) is 0. The largest absolute Gasteiger partial charge is 0.385 e. The standard InChI is InChI=1S/C23H47N5O4/c1-25-17-21(20-16-27(8-6-24-20)9-13-30-3)28(11-14-31-4)18-22(25)23-19-26(10-15-32-23)7-5-12-29-2/h20-24H,5-19H2,1-4H3. The number of nitrogens with zero attached hydrogens (tertiary/aromatic N) is 4. The van der Waals surface area contributed by atoms with Gasteiger partial charge in [-0.25, -0.2) is 0 Å². The highest BCUT2D eigenvalue weighted by atomic mass is 16.5. The Morgan fingerprint density at radius 3 is 2.34 bits per heavy atom. The minimum Gasteiger partial charge on any atom is -0.385 e. The second kappa shape index (κ2) is 14.1. The van der Waals surface area contributed by atoms with Gasteiger partial charge in [0.25, 0.3) is 0 Å². The molecule has 0 aromatic rings. The Morgan fingerprint density at radius 2 is 1.56 bits per heavy atom. The topological polar surface area (TPSA) is 61.9 Å². The van der Waals surface area contributed by atoms with Crippen molar-refractivity contribution in [2.45, 2.75) is 30.7 Å².